The lowest BCUT2D eigenvalue weighted by molar-refractivity contribution is 0.717. The van der Waals surface area contributed by atoms with Crippen LogP contribution in [0.3, 0.4) is 0 Å². The fourth-order valence-corrected chi connectivity index (χ4v) is 3.28. The number of rotatable bonds is 7. The van der Waals surface area contributed by atoms with E-state index in [1.54, 1.807) is 0 Å². The van der Waals surface area contributed by atoms with Crippen LogP contribution < -0.4 is 0 Å². The molecule has 3 aromatic rings. The molecule has 28 heavy (non-hydrogen) atoms. The van der Waals surface area contributed by atoms with E-state index in [2.05, 4.69) is 98.5 Å². The molecule has 0 fully saturated rings. The van der Waals surface area contributed by atoms with Crippen molar-refractivity contribution in [1.82, 2.24) is 0 Å². The number of aryl methyl sites for hydroxylation is 4. The quantitative estimate of drug-likeness (QED) is 0.315. The number of unbranched alkanes of at least 4 members (excludes halogenated alkanes) is 2. The highest BCUT2D eigenvalue weighted by molar-refractivity contribution is 5.44. The summed E-state index contributed by atoms with van der Waals surface area (Å²) in [5, 5.41) is 0. The van der Waals surface area contributed by atoms with Crippen LogP contribution in [0.1, 0.15) is 59.6 Å². The molecule has 3 rings (SSSR count). The van der Waals surface area contributed by atoms with Crippen LogP contribution >= 0.6 is 0 Å². The largest absolute Gasteiger partial charge is 0.0654 e. The van der Waals surface area contributed by atoms with E-state index in [4.69, 9.17) is 0 Å². The van der Waals surface area contributed by atoms with Gasteiger partial charge in [0.2, 0.25) is 0 Å². The van der Waals surface area contributed by atoms with Crippen molar-refractivity contribution in [3.8, 4) is 11.8 Å². The predicted octanol–water partition coefficient (Wildman–Crippen LogP) is 6.91. The standard InChI is InChI=1S/C28H30/c1-3-4-5-6-24-11-13-26(14-12-24)17-18-28-21-19-27(20-22-28)16-15-25-9-7-23(2)8-10-25/h7-14,19-22H,3-6,17-18H2,1-2H3. The molecule has 0 bridgehead atoms. The maximum atomic E-state index is 3.26. The highest BCUT2D eigenvalue weighted by atomic mass is 14.0. The molecule has 0 aliphatic carbocycles. The van der Waals surface area contributed by atoms with Crippen LogP contribution in [0, 0.1) is 18.8 Å². The average Bonchev–Trinajstić information content (AvgIpc) is 2.74. The molecule has 0 radical (unpaired) electrons. The zero-order valence-corrected chi connectivity index (χ0v) is 17.2. The van der Waals surface area contributed by atoms with Gasteiger partial charge in [0.25, 0.3) is 0 Å². The van der Waals surface area contributed by atoms with Gasteiger partial charge < -0.3 is 0 Å². The lowest BCUT2D eigenvalue weighted by Crippen LogP contribution is -1.93. The molecule has 0 saturated carbocycles. The smallest absolute Gasteiger partial charge is 0.0249 e. The van der Waals surface area contributed by atoms with Gasteiger partial charge in [0.1, 0.15) is 0 Å². The Kier molecular flexibility index (Phi) is 7.51. The van der Waals surface area contributed by atoms with Crippen molar-refractivity contribution in [2.24, 2.45) is 0 Å². The maximum Gasteiger partial charge on any atom is 0.0249 e. The fraction of sp³-hybridized carbons (Fsp3) is 0.286. The normalized spacial score (nSPS) is 10.4. The van der Waals surface area contributed by atoms with Crippen LogP contribution in [-0.4, -0.2) is 0 Å². The van der Waals surface area contributed by atoms with Gasteiger partial charge in [0.05, 0.1) is 0 Å². The average molecular weight is 367 g/mol. The van der Waals surface area contributed by atoms with Crippen LogP contribution in [-0.2, 0) is 19.3 Å². The molecule has 0 aliphatic heterocycles. The second kappa shape index (κ2) is 10.5. The van der Waals surface area contributed by atoms with Crippen LogP contribution in [0.25, 0.3) is 0 Å². The molecule has 0 unspecified atom stereocenters. The van der Waals surface area contributed by atoms with Gasteiger partial charge in [-0.05, 0) is 73.6 Å². The second-order valence-corrected chi connectivity index (χ2v) is 7.59. The maximum absolute atomic E-state index is 3.26. The lowest BCUT2D eigenvalue weighted by atomic mass is 10.0. The van der Waals surface area contributed by atoms with E-state index < -0.39 is 0 Å². The zero-order chi connectivity index (χ0) is 19.6. The summed E-state index contributed by atoms with van der Waals surface area (Å²) in [4.78, 5) is 0. The van der Waals surface area contributed by atoms with Gasteiger partial charge in [-0.2, -0.15) is 0 Å². The summed E-state index contributed by atoms with van der Waals surface area (Å²) in [5.41, 5.74) is 7.65. The molecule has 0 saturated heterocycles. The lowest BCUT2D eigenvalue weighted by Gasteiger charge is -2.05. The first-order valence-corrected chi connectivity index (χ1v) is 10.5. The van der Waals surface area contributed by atoms with Gasteiger partial charge in [0, 0.05) is 11.1 Å². The van der Waals surface area contributed by atoms with E-state index in [0.717, 1.165) is 24.0 Å². The molecular weight excluding hydrogens is 336 g/mol. The topological polar surface area (TPSA) is 0 Å². The molecule has 0 N–H and O–H groups in total. The van der Waals surface area contributed by atoms with E-state index in [9.17, 15) is 0 Å². The highest BCUT2D eigenvalue weighted by Gasteiger charge is 1.98. The number of hydrogen-bond donors (Lipinski definition) is 0. The van der Waals surface area contributed by atoms with Crippen molar-refractivity contribution in [3.63, 3.8) is 0 Å². The summed E-state index contributed by atoms with van der Waals surface area (Å²) in [6.07, 6.45) is 7.28. The van der Waals surface area contributed by atoms with Crippen LogP contribution in [0.5, 0.6) is 0 Å². The molecule has 0 heterocycles. The summed E-state index contributed by atoms with van der Waals surface area (Å²) in [7, 11) is 0. The molecule has 142 valence electrons. The minimum absolute atomic E-state index is 1.06. The summed E-state index contributed by atoms with van der Waals surface area (Å²) in [5.74, 6) is 6.50. The summed E-state index contributed by atoms with van der Waals surface area (Å²) in [6, 6.07) is 26.2. The van der Waals surface area contributed by atoms with E-state index in [1.807, 2.05) is 0 Å². The third-order valence-electron chi connectivity index (χ3n) is 5.15. The first-order chi connectivity index (χ1) is 13.7. The Balaban J connectivity index is 1.51. The predicted molar refractivity (Wildman–Crippen MR) is 121 cm³/mol. The third-order valence-corrected chi connectivity index (χ3v) is 5.15. The molecule has 0 spiro atoms. The first-order valence-electron chi connectivity index (χ1n) is 10.5. The third kappa shape index (κ3) is 6.43. The Morgan fingerprint density at radius 3 is 1.46 bits per heavy atom. The van der Waals surface area contributed by atoms with Crippen LogP contribution in [0.15, 0.2) is 72.8 Å². The fourth-order valence-electron chi connectivity index (χ4n) is 3.28. The monoisotopic (exact) mass is 366 g/mol. The van der Waals surface area contributed by atoms with Gasteiger partial charge in [-0.1, -0.05) is 85.7 Å². The van der Waals surface area contributed by atoms with Gasteiger partial charge in [-0.25, -0.2) is 0 Å². The van der Waals surface area contributed by atoms with Crippen molar-refractivity contribution >= 4 is 0 Å². The Hall–Kier alpha value is -2.78. The molecule has 0 aromatic heterocycles. The molecule has 0 amide bonds. The van der Waals surface area contributed by atoms with Gasteiger partial charge in [0.15, 0.2) is 0 Å². The summed E-state index contributed by atoms with van der Waals surface area (Å²) in [6.45, 7) is 4.35. The van der Waals surface area contributed by atoms with Crippen LogP contribution in [0.2, 0.25) is 0 Å². The van der Waals surface area contributed by atoms with Gasteiger partial charge in [-0.15, -0.1) is 0 Å². The van der Waals surface area contributed by atoms with E-state index in [-0.39, 0.29) is 0 Å². The summed E-state index contributed by atoms with van der Waals surface area (Å²) < 4.78 is 0. The van der Waals surface area contributed by atoms with Crippen molar-refractivity contribution in [2.45, 2.75) is 52.4 Å². The first kappa shape index (κ1) is 20.0. The molecule has 0 nitrogen and oxygen atoms in total. The zero-order valence-electron chi connectivity index (χ0n) is 17.2. The number of hydrogen-bond acceptors (Lipinski definition) is 0. The Morgan fingerprint density at radius 2 is 0.964 bits per heavy atom. The molecule has 0 atom stereocenters. The van der Waals surface area contributed by atoms with Crippen molar-refractivity contribution in [2.75, 3.05) is 0 Å². The van der Waals surface area contributed by atoms with Crippen molar-refractivity contribution in [1.29, 1.82) is 0 Å². The Labute approximate surface area is 170 Å². The molecular formula is C28H30. The van der Waals surface area contributed by atoms with Gasteiger partial charge >= 0.3 is 0 Å². The SMILES string of the molecule is CCCCCc1ccc(CCc2ccc(C#Cc3ccc(C)cc3)cc2)cc1. The summed E-state index contributed by atoms with van der Waals surface area (Å²) >= 11 is 0. The van der Waals surface area contributed by atoms with E-state index >= 15 is 0 Å². The molecule has 3 aromatic carbocycles. The minimum atomic E-state index is 1.06. The second-order valence-electron chi connectivity index (χ2n) is 7.59. The number of benzene rings is 3. The highest BCUT2D eigenvalue weighted by Crippen LogP contribution is 2.12. The van der Waals surface area contributed by atoms with Crippen molar-refractivity contribution in [3.05, 3.63) is 106 Å². The minimum Gasteiger partial charge on any atom is -0.0654 e. The molecule has 0 heteroatoms. The Bertz CT molecular complexity index is 901. The van der Waals surface area contributed by atoms with Crippen LogP contribution in [0.4, 0.5) is 0 Å². The van der Waals surface area contributed by atoms with E-state index in [0.29, 0.717) is 0 Å². The molecule has 0 aliphatic rings. The van der Waals surface area contributed by atoms with Gasteiger partial charge in [-0.3, -0.25) is 0 Å². The van der Waals surface area contributed by atoms with Crippen molar-refractivity contribution < 1.29 is 0 Å². The Morgan fingerprint density at radius 1 is 0.536 bits per heavy atom. The van der Waals surface area contributed by atoms with E-state index in [1.165, 1.54) is 47.9 Å².